The van der Waals surface area contributed by atoms with Gasteiger partial charge in [0, 0.05) is 35.8 Å². The van der Waals surface area contributed by atoms with E-state index in [0.29, 0.717) is 47.3 Å². The van der Waals surface area contributed by atoms with E-state index in [-0.39, 0.29) is 17.5 Å². The van der Waals surface area contributed by atoms with Gasteiger partial charge in [-0.25, -0.2) is 9.78 Å². The number of hydrogen-bond acceptors (Lipinski definition) is 5. The first-order valence-corrected chi connectivity index (χ1v) is 13.5. The lowest BCUT2D eigenvalue weighted by atomic mass is 9.93. The molecule has 4 rings (SSSR count). The summed E-state index contributed by atoms with van der Waals surface area (Å²) >= 11 is 0. The SMILES string of the molecule is COc1cccc(-c2c(NC(=O)Nc3c(C(C)C)cccc3C(C)C)c(=O)n(CCCC#N)c3ncccc23)c1. The van der Waals surface area contributed by atoms with Gasteiger partial charge in [0.1, 0.15) is 17.1 Å². The molecule has 0 atom stereocenters. The van der Waals surface area contributed by atoms with E-state index in [2.05, 4.69) is 49.4 Å². The number of ether oxygens (including phenoxy) is 1. The Balaban J connectivity index is 1.90. The van der Waals surface area contributed by atoms with Crippen LogP contribution in [0.1, 0.15) is 63.5 Å². The van der Waals surface area contributed by atoms with Crippen LogP contribution in [0.3, 0.4) is 0 Å². The highest BCUT2D eigenvalue weighted by molar-refractivity contribution is 6.07. The minimum absolute atomic E-state index is 0.135. The average Bonchev–Trinajstić information content (AvgIpc) is 2.94. The number of pyridine rings is 2. The third kappa shape index (κ3) is 5.84. The molecule has 0 saturated heterocycles. The van der Waals surface area contributed by atoms with Gasteiger partial charge in [0.05, 0.1) is 13.2 Å². The van der Waals surface area contributed by atoms with Gasteiger partial charge in [-0.05, 0) is 59.2 Å². The molecule has 0 unspecified atom stereocenters. The second-order valence-electron chi connectivity index (χ2n) is 10.3. The highest BCUT2D eigenvalue weighted by atomic mass is 16.5. The highest BCUT2D eigenvalue weighted by Gasteiger charge is 2.22. The fourth-order valence-electron chi connectivity index (χ4n) is 4.95. The third-order valence-corrected chi connectivity index (χ3v) is 6.90. The molecule has 0 bridgehead atoms. The molecular weight excluding hydrogens is 502 g/mol. The zero-order valence-corrected chi connectivity index (χ0v) is 23.6. The maximum absolute atomic E-state index is 14.0. The number of amides is 2. The fourth-order valence-corrected chi connectivity index (χ4v) is 4.95. The van der Waals surface area contributed by atoms with Crippen molar-refractivity contribution >= 4 is 28.4 Å². The van der Waals surface area contributed by atoms with Crippen molar-refractivity contribution in [3.63, 3.8) is 0 Å². The van der Waals surface area contributed by atoms with Crippen molar-refractivity contribution in [3.8, 4) is 22.9 Å². The van der Waals surface area contributed by atoms with E-state index in [1.54, 1.807) is 19.4 Å². The minimum atomic E-state index is -0.511. The number of aromatic nitrogens is 2. The number of unbranched alkanes of at least 4 members (excludes halogenated alkanes) is 1. The van der Waals surface area contributed by atoms with E-state index in [4.69, 9.17) is 10.00 Å². The molecule has 0 aliphatic heterocycles. The number of rotatable bonds is 9. The zero-order chi connectivity index (χ0) is 28.8. The monoisotopic (exact) mass is 537 g/mol. The number of methoxy groups -OCH3 is 1. The largest absolute Gasteiger partial charge is 0.497 e. The van der Waals surface area contributed by atoms with Crippen molar-refractivity contribution in [2.24, 2.45) is 0 Å². The maximum Gasteiger partial charge on any atom is 0.323 e. The Hall–Kier alpha value is -4.64. The Labute approximate surface area is 234 Å². The zero-order valence-electron chi connectivity index (χ0n) is 23.6. The Kier molecular flexibility index (Phi) is 8.85. The van der Waals surface area contributed by atoms with Gasteiger partial charge in [-0.2, -0.15) is 5.26 Å². The summed E-state index contributed by atoms with van der Waals surface area (Å²) in [5.74, 6) is 0.992. The topological polar surface area (TPSA) is 109 Å². The van der Waals surface area contributed by atoms with Gasteiger partial charge in [0.2, 0.25) is 0 Å². The van der Waals surface area contributed by atoms with E-state index in [0.717, 1.165) is 16.8 Å². The third-order valence-electron chi connectivity index (χ3n) is 6.90. The number of para-hydroxylation sites is 1. The van der Waals surface area contributed by atoms with E-state index in [1.165, 1.54) is 4.57 Å². The van der Waals surface area contributed by atoms with Crippen LogP contribution in [0.15, 0.2) is 65.6 Å². The first-order valence-electron chi connectivity index (χ1n) is 13.5. The molecule has 40 heavy (non-hydrogen) atoms. The molecule has 0 aliphatic rings. The predicted octanol–water partition coefficient (Wildman–Crippen LogP) is 7.27. The molecule has 0 spiro atoms. The number of nitriles is 1. The summed E-state index contributed by atoms with van der Waals surface area (Å²) in [5, 5.41) is 15.7. The van der Waals surface area contributed by atoms with Crippen molar-refractivity contribution in [1.82, 2.24) is 9.55 Å². The van der Waals surface area contributed by atoms with Crippen molar-refractivity contribution in [2.45, 2.75) is 58.9 Å². The van der Waals surface area contributed by atoms with Crippen LogP contribution in [0.5, 0.6) is 5.75 Å². The van der Waals surface area contributed by atoms with Crippen LogP contribution < -0.4 is 20.9 Å². The van der Waals surface area contributed by atoms with E-state index in [9.17, 15) is 9.59 Å². The van der Waals surface area contributed by atoms with Crippen molar-refractivity contribution in [1.29, 1.82) is 5.26 Å². The standard InChI is InChI=1S/C32H35N5O3/c1-20(2)24-13-9-14-25(21(3)4)28(24)35-32(39)36-29-27(22-11-8-12-23(19-22)40-5)26-15-10-17-34-30(26)37(31(29)38)18-7-6-16-33/h8-15,17,19-21H,6-7,18H2,1-5H3,(H2,35,36,39). The van der Waals surface area contributed by atoms with Crippen LogP contribution in [0.2, 0.25) is 0 Å². The Bertz CT molecular complexity index is 1610. The maximum atomic E-state index is 14.0. The number of aryl methyl sites for hydroxylation is 1. The van der Waals surface area contributed by atoms with Gasteiger partial charge in [-0.15, -0.1) is 0 Å². The van der Waals surface area contributed by atoms with Crippen LogP contribution in [-0.4, -0.2) is 22.7 Å². The molecule has 8 heteroatoms. The lowest BCUT2D eigenvalue weighted by Crippen LogP contribution is -2.30. The lowest BCUT2D eigenvalue weighted by Gasteiger charge is -2.22. The predicted molar refractivity (Wildman–Crippen MR) is 160 cm³/mol. The van der Waals surface area contributed by atoms with Crippen LogP contribution in [0, 0.1) is 11.3 Å². The molecule has 0 saturated carbocycles. The molecular formula is C32H35N5O3. The van der Waals surface area contributed by atoms with Gasteiger partial charge < -0.3 is 15.4 Å². The minimum Gasteiger partial charge on any atom is -0.497 e. The number of benzene rings is 2. The van der Waals surface area contributed by atoms with Crippen molar-refractivity contribution in [3.05, 3.63) is 82.3 Å². The molecule has 206 valence electrons. The van der Waals surface area contributed by atoms with Gasteiger partial charge in [-0.1, -0.05) is 58.0 Å². The number of hydrogen-bond donors (Lipinski definition) is 2. The molecule has 0 radical (unpaired) electrons. The van der Waals surface area contributed by atoms with E-state index >= 15 is 0 Å². The molecule has 0 aliphatic carbocycles. The number of nitrogens with one attached hydrogen (secondary N) is 2. The summed E-state index contributed by atoms with van der Waals surface area (Å²) < 4.78 is 6.98. The van der Waals surface area contributed by atoms with Gasteiger partial charge in [-0.3, -0.25) is 9.36 Å². The highest BCUT2D eigenvalue weighted by Crippen LogP contribution is 2.36. The molecule has 4 aromatic rings. The molecule has 2 aromatic carbocycles. The number of urea groups is 1. The normalized spacial score (nSPS) is 11.1. The fraction of sp³-hybridized carbons (Fsp3) is 0.312. The second kappa shape index (κ2) is 12.5. The summed E-state index contributed by atoms with van der Waals surface area (Å²) in [7, 11) is 1.58. The molecule has 8 nitrogen and oxygen atoms in total. The van der Waals surface area contributed by atoms with Crippen LogP contribution in [-0.2, 0) is 6.54 Å². The number of carbonyl (C=O) groups excluding carboxylic acids is 1. The number of carbonyl (C=O) groups is 1. The van der Waals surface area contributed by atoms with Crippen LogP contribution in [0.25, 0.3) is 22.2 Å². The molecule has 2 heterocycles. The van der Waals surface area contributed by atoms with Crippen molar-refractivity contribution < 1.29 is 9.53 Å². The number of anilines is 2. The summed E-state index contributed by atoms with van der Waals surface area (Å²) in [6.07, 6.45) is 2.41. The molecule has 0 fully saturated rings. The number of nitrogens with zero attached hydrogens (tertiary/aromatic N) is 3. The summed E-state index contributed by atoms with van der Waals surface area (Å²) in [6, 6.07) is 18.7. The van der Waals surface area contributed by atoms with Crippen LogP contribution >= 0.6 is 0 Å². The first kappa shape index (κ1) is 28.4. The van der Waals surface area contributed by atoms with Gasteiger partial charge >= 0.3 is 6.03 Å². The summed E-state index contributed by atoms with van der Waals surface area (Å²) in [4.78, 5) is 32.2. The quantitative estimate of drug-likeness (QED) is 0.218. The number of fused-ring (bicyclic) bond motifs is 1. The van der Waals surface area contributed by atoms with Crippen molar-refractivity contribution in [2.75, 3.05) is 17.7 Å². The van der Waals surface area contributed by atoms with E-state index < -0.39 is 11.6 Å². The molecule has 2 N–H and O–H groups in total. The van der Waals surface area contributed by atoms with E-state index in [1.807, 2.05) is 48.5 Å². The van der Waals surface area contributed by atoms with Crippen LogP contribution in [0.4, 0.5) is 16.2 Å². The smallest absolute Gasteiger partial charge is 0.323 e. The van der Waals surface area contributed by atoms with Gasteiger partial charge in [0.25, 0.3) is 5.56 Å². The Morgan fingerprint density at radius 2 is 1.68 bits per heavy atom. The Morgan fingerprint density at radius 3 is 2.33 bits per heavy atom. The van der Waals surface area contributed by atoms with Gasteiger partial charge in [0.15, 0.2) is 0 Å². The average molecular weight is 538 g/mol. The summed E-state index contributed by atoms with van der Waals surface area (Å²) in [6.45, 7) is 8.63. The summed E-state index contributed by atoms with van der Waals surface area (Å²) in [5.41, 5.74) is 4.29. The second-order valence-corrected chi connectivity index (χ2v) is 10.3. The molecule has 2 aromatic heterocycles. The first-order chi connectivity index (χ1) is 19.3. The Morgan fingerprint density at radius 1 is 1.00 bits per heavy atom. The molecule has 2 amide bonds. The lowest BCUT2D eigenvalue weighted by molar-refractivity contribution is 0.262.